The van der Waals surface area contributed by atoms with Crippen LogP contribution in [-0.2, 0) is 13.0 Å². The molecule has 3 nitrogen and oxygen atoms in total. The maximum absolute atomic E-state index is 4.92. The topological polar surface area (TPSA) is 28.2 Å². The fourth-order valence-electron chi connectivity index (χ4n) is 2.41. The van der Waals surface area contributed by atoms with Gasteiger partial charge in [-0.1, -0.05) is 41.5 Å². The molecule has 0 saturated carbocycles. The molecule has 122 valence electrons. The standard InChI is InChI=1S/C17H33N3S/c1-7-9-18-10-16-15(8-2)19-17(21-16)20(11-13(3)4)12-14(5)6/h13-14,18H,7-12H2,1-6H3. The summed E-state index contributed by atoms with van der Waals surface area (Å²) in [5.74, 6) is 1.33. The Kier molecular flexibility index (Phi) is 8.27. The van der Waals surface area contributed by atoms with Crippen LogP contribution in [0.25, 0.3) is 0 Å². The molecule has 0 radical (unpaired) electrons. The van der Waals surface area contributed by atoms with Gasteiger partial charge in [0.2, 0.25) is 0 Å². The fraction of sp³-hybridized carbons (Fsp3) is 0.824. The summed E-state index contributed by atoms with van der Waals surface area (Å²) in [6.45, 7) is 17.8. The van der Waals surface area contributed by atoms with Crippen LogP contribution in [-0.4, -0.2) is 24.6 Å². The summed E-state index contributed by atoms with van der Waals surface area (Å²) in [6, 6.07) is 0. The van der Waals surface area contributed by atoms with E-state index in [-0.39, 0.29) is 0 Å². The van der Waals surface area contributed by atoms with Gasteiger partial charge >= 0.3 is 0 Å². The average Bonchev–Trinajstić information content (AvgIpc) is 2.80. The molecule has 0 aromatic carbocycles. The number of hydrogen-bond acceptors (Lipinski definition) is 4. The van der Waals surface area contributed by atoms with Gasteiger partial charge in [0.05, 0.1) is 5.69 Å². The van der Waals surface area contributed by atoms with Gasteiger partial charge in [-0.2, -0.15) is 0 Å². The number of thiazole rings is 1. The molecule has 1 aromatic rings. The molecule has 4 heteroatoms. The largest absolute Gasteiger partial charge is 0.348 e. The minimum Gasteiger partial charge on any atom is -0.348 e. The Bertz CT molecular complexity index is 389. The maximum atomic E-state index is 4.92. The Labute approximate surface area is 135 Å². The van der Waals surface area contributed by atoms with E-state index in [9.17, 15) is 0 Å². The van der Waals surface area contributed by atoms with Gasteiger partial charge in [-0.25, -0.2) is 4.98 Å². The lowest BCUT2D eigenvalue weighted by molar-refractivity contribution is 0.551. The first-order valence-corrected chi connectivity index (χ1v) is 9.23. The molecule has 1 N–H and O–H groups in total. The van der Waals surface area contributed by atoms with Gasteiger partial charge in [-0.3, -0.25) is 0 Å². The van der Waals surface area contributed by atoms with Gasteiger partial charge < -0.3 is 10.2 Å². The minimum absolute atomic E-state index is 0.666. The van der Waals surface area contributed by atoms with Crippen molar-refractivity contribution in [1.29, 1.82) is 0 Å². The molecule has 21 heavy (non-hydrogen) atoms. The van der Waals surface area contributed by atoms with E-state index in [1.807, 2.05) is 11.3 Å². The molecule has 0 atom stereocenters. The van der Waals surface area contributed by atoms with Crippen molar-refractivity contribution in [3.05, 3.63) is 10.6 Å². The van der Waals surface area contributed by atoms with Crippen LogP contribution in [0.2, 0.25) is 0 Å². The summed E-state index contributed by atoms with van der Waals surface area (Å²) >= 11 is 1.88. The molecule has 0 unspecified atom stereocenters. The first-order valence-electron chi connectivity index (χ1n) is 8.42. The number of aryl methyl sites for hydroxylation is 1. The van der Waals surface area contributed by atoms with Crippen LogP contribution in [0, 0.1) is 11.8 Å². The zero-order valence-corrected chi connectivity index (χ0v) is 15.5. The highest BCUT2D eigenvalue weighted by Crippen LogP contribution is 2.28. The van der Waals surface area contributed by atoms with E-state index < -0.39 is 0 Å². The Morgan fingerprint density at radius 3 is 2.19 bits per heavy atom. The van der Waals surface area contributed by atoms with E-state index in [2.05, 4.69) is 51.8 Å². The van der Waals surface area contributed by atoms with Crippen molar-refractivity contribution in [2.75, 3.05) is 24.5 Å². The SMILES string of the molecule is CCCNCc1sc(N(CC(C)C)CC(C)C)nc1CC. The lowest BCUT2D eigenvalue weighted by atomic mass is 10.1. The summed E-state index contributed by atoms with van der Waals surface area (Å²) in [5.41, 5.74) is 1.27. The number of anilines is 1. The van der Waals surface area contributed by atoms with E-state index in [1.54, 1.807) is 0 Å². The highest BCUT2D eigenvalue weighted by molar-refractivity contribution is 7.15. The fourth-order valence-corrected chi connectivity index (χ4v) is 3.55. The van der Waals surface area contributed by atoms with Crippen LogP contribution in [0.15, 0.2) is 0 Å². The maximum Gasteiger partial charge on any atom is 0.185 e. The first-order chi connectivity index (χ1) is 9.97. The van der Waals surface area contributed by atoms with Gasteiger partial charge in [0, 0.05) is 24.5 Å². The van der Waals surface area contributed by atoms with Crippen LogP contribution in [0.1, 0.15) is 58.5 Å². The molecule has 0 aliphatic heterocycles. The summed E-state index contributed by atoms with van der Waals surface area (Å²) < 4.78 is 0. The van der Waals surface area contributed by atoms with Gasteiger partial charge in [0.1, 0.15) is 0 Å². The van der Waals surface area contributed by atoms with Gasteiger partial charge in [-0.15, -0.1) is 11.3 Å². The third-order valence-electron chi connectivity index (χ3n) is 3.26. The monoisotopic (exact) mass is 311 g/mol. The summed E-state index contributed by atoms with van der Waals surface area (Å²) in [5, 5.41) is 4.72. The summed E-state index contributed by atoms with van der Waals surface area (Å²) in [6.07, 6.45) is 2.21. The summed E-state index contributed by atoms with van der Waals surface area (Å²) in [4.78, 5) is 8.81. The Morgan fingerprint density at radius 1 is 1.10 bits per heavy atom. The molecule has 0 saturated heterocycles. The van der Waals surface area contributed by atoms with Crippen molar-refractivity contribution in [2.24, 2.45) is 11.8 Å². The molecule has 1 rings (SSSR count). The molecule has 1 aromatic heterocycles. The van der Waals surface area contributed by atoms with Gasteiger partial charge in [-0.05, 0) is 31.2 Å². The number of hydrogen-bond donors (Lipinski definition) is 1. The quantitative estimate of drug-likeness (QED) is 0.652. The molecular formula is C17H33N3S. The predicted molar refractivity (Wildman–Crippen MR) is 95.4 cm³/mol. The minimum atomic E-state index is 0.666. The second-order valence-electron chi connectivity index (χ2n) is 6.59. The molecule has 0 spiro atoms. The third kappa shape index (κ3) is 6.35. The van der Waals surface area contributed by atoms with Gasteiger partial charge in [0.25, 0.3) is 0 Å². The van der Waals surface area contributed by atoms with Crippen LogP contribution in [0.4, 0.5) is 5.13 Å². The molecule has 1 heterocycles. The number of rotatable bonds is 10. The molecule has 0 aliphatic rings. The van der Waals surface area contributed by atoms with Crippen molar-refractivity contribution in [2.45, 2.75) is 60.9 Å². The lowest BCUT2D eigenvalue weighted by Gasteiger charge is -2.25. The predicted octanol–water partition coefficient (Wildman–Crippen LogP) is 4.32. The Balaban J connectivity index is 2.86. The van der Waals surface area contributed by atoms with Crippen molar-refractivity contribution >= 4 is 16.5 Å². The second-order valence-corrected chi connectivity index (χ2v) is 7.65. The lowest BCUT2D eigenvalue weighted by Crippen LogP contribution is -2.31. The van der Waals surface area contributed by atoms with Gasteiger partial charge in [0.15, 0.2) is 5.13 Å². The average molecular weight is 312 g/mol. The van der Waals surface area contributed by atoms with Crippen molar-refractivity contribution in [3.63, 3.8) is 0 Å². The van der Waals surface area contributed by atoms with Crippen LogP contribution < -0.4 is 10.2 Å². The zero-order chi connectivity index (χ0) is 15.8. The second kappa shape index (κ2) is 9.42. The van der Waals surface area contributed by atoms with E-state index in [4.69, 9.17) is 4.98 Å². The summed E-state index contributed by atoms with van der Waals surface area (Å²) in [7, 11) is 0. The number of nitrogens with zero attached hydrogens (tertiary/aromatic N) is 2. The van der Waals surface area contributed by atoms with E-state index >= 15 is 0 Å². The van der Waals surface area contributed by atoms with Crippen molar-refractivity contribution < 1.29 is 0 Å². The number of aromatic nitrogens is 1. The highest BCUT2D eigenvalue weighted by atomic mass is 32.1. The molecule has 0 aliphatic carbocycles. The van der Waals surface area contributed by atoms with E-state index in [1.165, 1.54) is 22.1 Å². The highest BCUT2D eigenvalue weighted by Gasteiger charge is 2.17. The zero-order valence-electron chi connectivity index (χ0n) is 14.7. The van der Waals surface area contributed by atoms with E-state index in [0.717, 1.165) is 32.6 Å². The molecule has 0 amide bonds. The Morgan fingerprint density at radius 2 is 1.71 bits per heavy atom. The third-order valence-corrected chi connectivity index (χ3v) is 4.41. The molecule has 0 bridgehead atoms. The van der Waals surface area contributed by atoms with E-state index in [0.29, 0.717) is 11.8 Å². The van der Waals surface area contributed by atoms with Crippen LogP contribution >= 0.6 is 11.3 Å². The number of nitrogens with one attached hydrogen (secondary N) is 1. The van der Waals surface area contributed by atoms with Crippen molar-refractivity contribution in [3.8, 4) is 0 Å². The first kappa shape index (κ1) is 18.4. The molecular weight excluding hydrogens is 278 g/mol. The van der Waals surface area contributed by atoms with Crippen LogP contribution in [0.5, 0.6) is 0 Å². The smallest absolute Gasteiger partial charge is 0.185 e. The van der Waals surface area contributed by atoms with Crippen molar-refractivity contribution in [1.82, 2.24) is 10.3 Å². The Hall–Kier alpha value is -0.610. The van der Waals surface area contributed by atoms with Crippen LogP contribution in [0.3, 0.4) is 0 Å². The normalized spacial score (nSPS) is 11.6. The molecule has 0 fully saturated rings.